The summed E-state index contributed by atoms with van der Waals surface area (Å²) in [5, 5.41) is 2.53. The van der Waals surface area contributed by atoms with E-state index in [4.69, 9.17) is 17.0 Å². The van der Waals surface area contributed by atoms with E-state index in [0.717, 1.165) is 30.6 Å². The first-order valence-corrected chi connectivity index (χ1v) is 7.59. The number of nitrogens with zero attached hydrogens (tertiary/aromatic N) is 1. The summed E-state index contributed by atoms with van der Waals surface area (Å²) in [6.07, 6.45) is 0. The van der Waals surface area contributed by atoms with Gasteiger partial charge in [0.1, 0.15) is 4.32 Å². The molecule has 0 saturated carbocycles. The highest BCUT2D eigenvalue weighted by molar-refractivity contribution is 8.22. The van der Waals surface area contributed by atoms with E-state index < -0.39 is 0 Å². The molecular formula is C15H15NOS2. The van der Waals surface area contributed by atoms with Crippen molar-refractivity contribution >= 4 is 39.1 Å². The average molecular weight is 289 g/mol. The predicted molar refractivity (Wildman–Crippen MR) is 84.8 cm³/mol. The third-order valence-corrected chi connectivity index (χ3v) is 4.63. The number of fused-ring (bicyclic) bond motifs is 1. The molecule has 2 aromatic carbocycles. The fourth-order valence-corrected chi connectivity index (χ4v) is 3.45. The van der Waals surface area contributed by atoms with Gasteiger partial charge in [0.05, 0.1) is 13.2 Å². The van der Waals surface area contributed by atoms with Crippen LogP contribution in [0.1, 0.15) is 0 Å². The van der Waals surface area contributed by atoms with E-state index in [2.05, 4.69) is 47.4 Å². The van der Waals surface area contributed by atoms with Gasteiger partial charge in [-0.1, -0.05) is 54.3 Å². The summed E-state index contributed by atoms with van der Waals surface area (Å²) in [6.45, 7) is 3.36. The van der Waals surface area contributed by atoms with Crippen molar-refractivity contribution in [2.75, 3.05) is 26.3 Å². The zero-order valence-corrected chi connectivity index (χ0v) is 12.2. The van der Waals surface area contributed by atoms with E-state index in [9.17, 15) is 0 Å². The molecule has 2 nitrogen and oxygen atoms in total. The molecule has 0 radical (unpaired) electrons. The van der Waals surface area contributed by atoms with Crippen LogP contribution in [0.25, 0.3) is 10.8 Å². The van der Waals surface area contributed by atoms with Crippen LogP contribution >= 0.6 is 24.0 Å². The summed E-state index contributed by atoms with van der Waals surface area (Å²) in [6, 6.07) is 14.9. The van der Waals surface area contributed by atoms with E-state index in [-0.39, 0.29) is 0 Å². The number of hydrogen-bond donors (Lipinski definition) is 0. The van der Waals surface area contributed by atoms with E-state index >= 15 is 0 Å². The average Bonchev–Trinajstić information content (AvgIpc) is 2.48. The molecule has 1 aliphatic rings. The molecule has 19 heavy (non-hydrogen) atoms. The minimum absolute atomic E-state index is 0.776. The second-order valence-electron chi connectivity index (χ2n) is 4.48. The van der Waals surface area contributed by atoms with Gasteiger partial charge in [-0.05, 0) is 22.9 Å². The Morgan fingerprint density at radius 3 is 2.58 bits per heavy atom. The summed E-state index contributed by atoms with van der Waals surface area (Å²) >= 11 is 7.18. The Kier molecular flexibility index (Phi) is 4.01. The lowest BCUT2D eigenvalue weighted by molar-refractivity contribution is 0.0702. The van der Waals surface area contributed by atoms with Crippen LogP contribution < -0.4 is 0 Å². The number of ether oxygens (including phenoxy) is 1. The van der Waals surface area contributed by atoms with Gasteiger partial charge in [-0.2, -0.15) is 0 Å². The predicted octanol–water partition coefficient (Wildman–Crippen LogP) is 3.55. The Bertz CT molecular complexity index is 593. The molecule has 3 rings (SSSR count). The Hall–Kier alpha value is -1.10. The maximum absolute atomic E-state index is 5.51. The van der Waals surface area contributed by atoms with Gasteiger partial charge in [0.25, 0.3) is 0 Å². The highest BCUT2D eigenvalue weighted by Crippen LogP contribution is 2.26. The summed E-state index contributed by atoms with van der Waals surface area (Å²) in [7, 11) is 0. The van der Waals surface area contributed by atoms with Crippen LogP contribution in [-0.2, 0) is 4.74 Å². The first kappa shape index (κ1) is 12.9. The van der Waals surface area contributed by atoms with Gasteiger partial charge in [-0.3, -0.25) is 0 Å². The lowest BCUT2D eigenvalue weighted by atomic mass is 10.1. The van der Waals surface area contributed by atoms with Crippen LogP contribution in [-0.4, -0.2) is 35.5 Å². The van der Waals surface area contributed by atoms with Crippen molar-refractivity contribution in [1.29, 1.82) is 0 Å². The standard InChI is InChI=1S/C15H15NOS2/c18-15(16-7-9-17-10-8-16)19-14-6-5-12-3-1-2-4-13(12)11-14/h1-6,11H,7-10H2. The second-order valence-corrected chi connectivity index (χ2v) is 6.18. The summed E-state index contributed by atoms with van der Waals surface area (Å²) in [4.78, 5) is 3.42. The second kappa shape index (κ2) is 5.90. The molecule has 0 atom stereocenters. The van der Waals surface area contributed by atoms with Crippen molar-refractivity contribution in [2.45, 2.75) is 4.90 Å². The monoisotopic (exact) mass is 289 g/mol. The molecule has 0 spiro atoms. The van der Waals surface area contributed by atoms with Gasteiger partial charge in [0, 0.05) is 18.0 Å². The first-order chi connectivity index (χ1) is 9.33. The molecule has 98 valence electrons. The smallest absolute Gasteiger partial charge is 0.141 e. The Morgan fingerprint density at radius 1 is 1.05 bits per heavy atom. The van der Waals surface area contributed by atoms with Gasteiger partial charge < -0.3 is 9.64 Å². The zero-order valence-electron chi connectivity index (χ0n) is 10.5. The molecule has 1 aliphatic heterocycles. The normalized spacial score (nSPS) is 15.7. The fraction of sp³-hybridized carbons (Fsp3) is 0.267. The van der Waals surface area contributed by atoms with Crippen LogP contribution in [0, 0.1) is 0 Å². The Balaban J connectivity index is 1.75. The van der Waals surface area contributed by atoms with Gasteiger partial charge >= 0.3 is 0 Å². The van der Waals surface area contributed by atoms with Crippen LogP contribution in [0.3, 0.4) is 0 Å². The topological polar surface area (TPSA) is 12.5 Å². The number of rotatable bonds is 1. The molecule has 1 fully saturated rings. The van der Waals surface area contributed by atoms with E-state index in [0.29, 0.717) is 0 Å². The molecule has 0 unspecified atom stereocenters. The van der Waals surface area contributed by atoms with E-state index in [1.807, 2.05) is 0 Å². The van der Waals surface area contributed by atoms with Crippen molar-refractivity contribution in [3.8, 4) is 0 Å². The van der Waals surface area contributed by atoms with Crippen LogP contribution in [0.15, 0.2) is 47.4 Å². The minimum atomic E-state index is 0.776. The molecule has 1 saturated heterocycles. The number of hydrogen-bond acceptors (Lipinski definition) is 3. The lowest BCUT2D eigenvalue weighted by Gasteiger charge is -2.28. The number of thioether (sulfide) groups is 1. The molecule has 1 heterocycles. The number of morpholine rings is 1. The van der Waals surface area contributed by atoms with Gasteiger partial charge in [-0.15, -0.1) is 0 Å². The molecule has 0 aromatic heterocycles. The maximum Gasteiger partial charge on any atom is 0.141 e. The summed E-state index contributed by atoms with van der Waals surface area (Å²) in [5.41, 5.74) is 0. The van der Waals surface area contributed by atoms with Crippen LogP contribution in [0.5, 0.6) is 0 Å². The van der Waals surface area contributed by atoms with Crippen molar-refractivity contribution in [2.24, 2.45) is 0 Å². The molecule has 2 aromatic rings. The zero-order chi connectivity index (χ0) is 13.1. The molecule has 4 heteroatoms. The third-order valence-electron chi connectivity index (χ3n) is 3.20. The molecule has 0 bridgehead atoms. The van der Waals surface area contributed by atoms with Gasteiger partial charge in [0.15, 0.2) is 0 Å². The van der Waals surface area contributed by atoms with E-state index in [1.54, 1.807) is 11.8 Å². The van der Waals surface area contributed by atoms with Crippen LogP contribution in [0.2, 0.25) is 0 Å². The largest absolute Gasteiger partial charge is 0.378 e. The maximum atomic E-state index is 5.51. The van der Waals surface area contributed by atoms with Crippen molar-refractivity contribution in [1.82, 2.24) is 4.90 Å². The van der Waals surface area contributed by atoms with Crippen LogP contribution in [0.4, 0.5) is 0 Å². The Labute approximate surface area is 122 Å². The van der Waals surface area contributed by atoms with Crippen molar-refractivity contribution in [3.05, 3.63) is 42.5 Å². The molecule has 0 N–H and O–H groups in total. The Morgan fingerprint density at radius 2 is 1.79 bits per heavy atom. The third kappa shape index (κ3) is 3.08. The summed E-state index contributed by atoms with van der Waals surface area (Å²) < 4.78 is 6.29. The number of thiocarbonyl (C=S) groups is 1. The highest BCUT2D eigenvalue weighted by Gasteiger charge is 2.14. The number of benzene rings is 2. The van der Waals surface area contributed by atoms with Gasteiger partial charge in [-0.25, -0.2) is 0 Å². The highest BCUT2D eigenvalue weighted by atomic mass is 32.2. The van der Waals surface area contributed by atoms with E-state index in [1.165, 1.54) is 15.7 Å². The SMILES string of the molecule is S=C(Sc1ccc2ccccc2c1)N1CCOCC1. The van der Waals surface area contributed by atoms with Gasteiger partial charge in [0.2, 0.25) is 0 Å². The lowest BCUT2D eigenvalue weighted by Crippen LogP contribution is -2.38. The fourth-order valence-electron chi connectivity index (χ4n) is 2.14. The molecule has 0 aliphatic carbocycles. The summed E-state index contributed by atoms with van der Waals surface area (Å²) in [5.74, 6) is 0. The van der Waals surface area contributed by atoms with Crippen molar-refractivity contribution in [3.63, 3.8) is 0 Å². The molecule has 0 amide bonds. The van der Waals surface area contributed by atoms with Crippen molar-refractivity contribution < 1.29 is 4.74 Å². The minimum Gasteiger partial charge on any atom is -0.378 e. The first-order valence-electron chi connectivity index (χ1n) is 6.36. The quantitative estimate of drug-likeness (QED) is 0.587. The molecular weight excluding hydrogens is 274 g/mol.